The van der Waals surface area contributed by atoms with E-state index in [0.717, 1.165) is 12.8 Å². The second-order valence-corrected chi connectivity index (χ2v) is 2.45. The van der Waals surface area contributed by atoms with E-state index in [9.17, 15) is 9.18 Å². The van der Waals surface area contributed by atoms with Crippen molar-refractivity contribution in [3.8, 4) is 0 Å². The van der Waals surface area contributed by atoms with Crippen LogP contribution in [0, 0.1) is 0 Å². The van der Waals surface area contributed by atoms with Crippen LogP contribution < -0.4 is 5.73 Å². The average molecular weight is 203 g/mol. The normalized spacial score (nSPS) is 14.6. The molecular formula is C11H22FNO. The zero-order valence-electron chi connectivity index (χ0n) is 9.69. The summed E-state index contributed by atoms with van der Waals surface area (Å²) in [5.74, 6) is -0.907. The molecule has 0 bridgehead atoms. The summed E-state index contributed by atoms with van der Waals surface area (Å²) in [6, 6.07) is 0. The summed E-state index contributed by atoms with van der Waals surface area (Å²) in [4.78, 5) is 10.5. The van der Waals surface area contributed by atoms with Gasteiger partial charge in [-0.15, -0.1) is 0 Å². The van der Waals surface area contributed by atoms with Crippen LogP contribution in [-0.4, -0.2) is 5.91 Å². The lowest BCUT2D eigenvalue weighted by Crippen LogP contribution is -2.17. The van der Waals surface area contributed by atoms with E-state index in [4.69, 9.17) is 5.73 Å². The Bertz CT molecular complexity index is 188. The molecule has 14 heavy (non-hydrogen) atoms. The zero-order chi connectivity index (χ0) is 11.6. The Hall–Kier alpha value is -0.860. The summed E-state index contributed by atoms with van der Waals surface area (Å²) in [7, 11) is 0. The Balaban J connectivity index is 0. The molecule has 0 aromatic rings. The highest BCUT2D eigenvalue weighted by atomic mass is 19.1. The van der Waals surface area contributed by atoms with Crippen molar-refractivity contribution in [2.45, 2.75) is 53.4 Å². The molecule has 0 aromatic carbocycles. The lowest BCUT2D eigenvalue weighted by atomic mass is 9.98. The Morgan fingerprint density at radius 1 is 1.14 bits per heavy atom. The van der Waals surface area contributed by atoms with E-state index >= 15 is 0 Å². The van der Waals surface area contributed by atoms with Gasteiger partial charge in [0, 0.05) is 5.57 Å². The van der Waals surface area contributed by atoms with E-state index in [0.29, 0.717) is 12.8 Å². The molecule has 0 spiro atoms. The van der Waals surface area contributed by atoms with Gasteiger partial charge in [-0.05, 0) is 25.7 Å². The van der Waals surface area contributed by atoms with Gasteiger partial charge in [0.2, 0.25) is 5.91 Å². The van der Waals surface area contributed by atoms with Crippen LogP contribution in [0.2, 0.25) is 0 Å². The fourth-order valence-corrected chi connectivity index (χ4v) is 1.13. The quantitative estimate of drug-likeness (QED) is 0.698. The van der Waals surface area contributed by atoms with E-state index in [1.165, 1.54) is 0 Å². The van der Waals surface area contributed by atoms with Gasteiger partial charge in [-0.25, -0.2) is 4.39 Å². The smallest absolute Gasteiger partial charge is 0.247 e. The molecule has 0 saturated carbocycles. The number of hydrogen-bond donors (Lipinski definition) is 1. The molecule has 0 saturated heterocycles. The average Bonchev–Trinajstić information content (AvgIpc) is 2.24. The van der Waals surface area contributed by atoms with Crippen LogP contribution in [0.3, 0.4) is 0 Å². The van der Waals surface area contributed by atoms with Crippen LogP contribution in [0.1, 0.15) is 53.4 Å². The van der Waals surface area contributed by atoms with Gasteiger partial charge in [-0.2, -0.15) is 0 Å². The van der Waals surface area contributed by atoms with Gasteiger partial charge in [0.05, 0.1) is 0 Å². The van der Waals surface area contributed by atoms with Crippen LogP contribution >= 0.6 is 0 Å². The maximum absolute atomic E-state index is 12.7. The Morgan fingerprint density at radius 2 is 1.57 bits per heavy atom. The molecule has 0 unspecified atom stereocenters. The Morgan fingerprint density at radius 3 is 1.86 bits per heavy atom. The molecule has 0 atom stereocenters. The molecule has 1 rings (SSSR count). The summed E-state index contributed by atoms with van der Waals surface area (Å²) in [6.45, 7) is 8.00. The van der Waals surface area contributed by atoms with Gasteiger partial charge in [0.1, 0.15) is 5.83 Å². The van der Waals surface area contributed by atoms with Crippen LogP contribution in [0.15, 0.2) is 11.4 Å². The summed E-state index contributed by atoms with van der Waals surface area (Å²) < 4.78 is 12.7. The Labute approximate surface area is 86.4 Å². The van der Waals surface area contributed by atoms with E-state index in [-0.39, 0.29) is 11.4 Å². The SMILES string of the molecule is CC.CC.NC(=O)C1=C(F)CCCC1. The van der Waals surface area contributed by atoms with Gasteiger partial charge >= 0.3 is 0 Å². The molecule has 0 aliphatic heterocycles. The standard InChI is InChI=1S/C7H10FNO.2C2H6/c8-6-4-2-1-3-5(6)7(9)10;2*1-2/h1-4H2,(H2,9,10);2*1-2H3. The topological polar surface area (TPSA) is 43.1 Å². The minimum Gasteiger partial charge on any atom is -0.366 e. The van der Waals surface area contributed by atoms with Gasteiger partial charge in [-0.3, -0.25) is 4.79 Å². The van der Waals surface area contributed by atoms with E-state index in [2.05, 4.69) is 0 Å². The second-order valence-electron chi connectivity index (χ2n) is 2.45. The minimum absolute atomic E-state index is 0.200. The number of halogens is 1. The van der Waals surface area contributed by atoms with Crippen molar-refractivity contribution in [1.82, 2.24) is 0 Å². The molecule has 2 N–H and O–H groups in total. The Kier molecular flexibility index (Phi) is 11.4. The lowest BCUT2D eigenvalue weighted by molar-refractivity contribution is -0.114. The van der Waals surface area contributed by atoms with Crippen molar-refractivity contribution < 1.29 is 9.18 Å². The van der Waals surface area contributed by atoms with Crippen LogP contribution in [-0.2, 0) is 4.79 Å². The number of rotatable bonds is 1. The predicted molar refractivity (Wildman–Crippen MR) is 58.5 cm³/mol. The fourth-order valence-electron chi connectivity index (χ4n) is 1.13. The molecule has 0 heterocycles. The van der Waals surface area contributed by atoms with Gasteiger partial charge in [-0.1, -0.05) is 27.7 Å². The molecule has 1 amide bonds. The highest BCUT2D eigenvalue weighted by Crippen LogP contribution is 2.24. The summed E-state index contributed by atoms with van der Waals surface area (Å²) >= 11 is 0. The number of carbonyl (C=O) groups is 1. The summed E-state index contributed by atoms with van der Waals surface area (Å²) in [5, 5.41) is 0. The molecule has 0 radical (unpaired) electrons. The van der Waals surface area contributed by atoms with Crippen LogP contribution in [0.5, 0.6) is 0 Å². The third kappa shape index (κ3) is 5.73. The number of allylic oxidation sites excluding steroid dienone is 1. The number of nitrogens with two attached hydrogens (primary N) is 1. The number of amides is 1. The van der Waals surface area contributed by atoms with Gasteiger partial charge < -0.3 is 5.73 Å². The summed E-state index contributed by atoms with van der Waals surface area (Å²) in [6.07, 6.45) is 2.62. The van der Waals surface area contributed by atoms with Crippen molar-refractivity contribution in [2.24, 2.45) is 5.73 Å². The zero-order valence-corrected chi connectivity index (χ0v) is 9.69. The lowest BCUT2D eigenvalue weighted by Gasteiger charge is -2.10. The van der Waals surface area contributed by atoms with Crippen molar-refractivity contribution in [3.63, 3.8) is 0 Å². The molecule has 84 valence electrons. The van der Waals surface area contributed by atoms with Crippen molar-refractivity contribution in [2.75, 3.05) is 0 Å². The molecule has 0 fully saturated rings. The molecular weight excluding hydrogens is 181 g/mol. The van der Waals surface area contributed by atoms with E-state index in [1.807, 2.05) is 27.7 Å². The molecule has 2 nitrogen and oxygen atoms in total. The number of primary amides is 1. The molecule has 0 aromatic heterocycles. The largest absolute Gasteiger partial charge is 0.366 e. The molecule has 3 heteroatoms. The van der Waals surface area contributed by atoms with Crippen LogP contribution in [0.25, 0.3) is 0 Å². The highest BCUT2D eigenvalue weighted by molar-refractivity contribution is 5.92. The highest BCUT2D eigenvalue weighted by Gasteiger charge is 2.15. The monoisotopic (exact) mass is 203 g/mol. The first-order valence-electron chi connectivity index (χ1n) is 5.39. The third-order valence-electron chi connectivity index (χ3n) is 1.70. The first-order valence-corrected chi connectivity index (χ1v) is 5.39. The van der Waals surface area contributed by atoms with Crippen molar-refractivity contribution in [3.05, 3.63) is 11.4 Å². The summed E-state index contributed by atoms with van der Waals surface area (Å²) in [5.41, 5.74) is 5.12. The van der Waals surface area contributed by atoms with Gasteiger partial charge in [0.15, 0.2) is 0 Å². The molecule has 1 aliphatic carbocycles. The maximum Gasteiger partial charge on any atom is 0.247 e. The first kappa shape index (κ1) is 15.6. The van der Waals surface area contributed by atoms with Crippen molar-refractivity contribution >= 4 is 5.91 Å². The van der Waals surface area contributed by atoms with Crippen molar-refractivity contribution in [1.29, 1.82) is 0 Å². The number of hydrogen-bond acceptors (Lipinski definition) is 1. The fraction of sp³-hybridized carbons (Fsp3) is 0.727. The van der Waals surface area contributed by atoms with Crippen LogP contribution in [0.4, 0.5) is 4.39 Å². The maximum atomic E-state index is 12.7. The van der Waals surface area contributed by atoms with E-state index in [1.54, 1.807) is 0 Å². The predicted octanol–water partition coefficient (Wildman–Crippen LogP) is 3.32. The van der Waals surface area contributed by atoms with Gasteiger partial charge in [0.25, 0.3) is 0 Å². The first-order chi connectivity index (χ1) is 6.72. The number of carbonyl (C=O) groups excluding carboxylic acids is 1. The third-order valence-corrected chi connectivity index (χ3v) is 1.70. The minimum atomic E-state index is -0.600. The molecule has 1 aliphatic rings. The van der Waals surface area contributed by atoms with E-state index < -0.39 is 5.91 Å². The second kappa shape index (κ2) is 10.2.